The van der Waals surface area contributed by atoms with Crippen molar-refractivity contribution in [2.45, 2.75) is 33.1 Å². The average molecular weight is 345 g/mol. The maximum Gasteiger partial charge on any atom is 0.313 e. The maximum absolute atomic E-state index is 13.5. The smallest absolute Gasteiger partial charge is 0.313 e. The Hall–Kier alpha value is -1.66. The van der Waals surface area contributed by atoms with Crippen molar-refractivity contribution in [1.29, 1.82) is 0 Å². The van der Waals surface area contributed by atoms with E-state index in [-0.39, 0.29) is 29.3 Å². The van der Waals surface area contributed by atoms with Crippen LogP contribution in [0.15, 0.2) is 18.2 Å². The molecule has 5 nitrogen and oxygen atoms in total. The van der Waals surface area contributed by atoms with Gasteiger partial charge in [0.2, 0.25) is 0 Å². The first kappa shape index (κ1) is 19.4. The highest BCUT2D eigenvalue weighted by atomic mass is 35.5. The molecule has 3 N–H and O–H groups in total. The van der Waals surface area contributed by atoms with Gasteiger partial charge >= 0.3 is 11.8 Å². The third-order valence-corrected chi connectivity index (χ3v) is 4.38. The number of nitrogens with one attached hydrogen (secondary N) is 2. The number of carbonyl (C=O) groups is 2. The Morgan fingerprint density at radius 1 is 1.26 bits per heavy atom. The number of rotatable bonds is 7. The molecule has 2 amide bonds. The monoisotopic (exact) mass is 344 g/mol. The maximum atomic E-state index is 13.5. The first-order valence-electron chi connectivity index (χ1n) is 7.52. The largest absolute Gasteiger partial charge is 0.396 e. The molecule has 0 aliphatic heterocycles. The average Bonchev–Trinajstić information content (AvgIpc) is 2.54. The lowest BCUT2D eigenvalue weighted by Crippen LogP contribution is -2.42. The van der Waals surface area contributed by atoms with Gasteiger partial charge in [-0.1, -0.05) is 25.4 Å². The molecule has 23 heavy (non-hydrogen) atoms. The summed E-state index contributed by atoms with van der Waals surface area (Å²) in [6, 6.07) is 3.69. The van der Waals surface area contributed by atoms with Crippen LogP contribution in [0.1, 0.15) is 33.1 Å². The fraction of sp³-hybridized carbons (Fsp3) is 0.500. The fourth-order valence-corrected chi connectivity index (χ4v) is 2.47. The molecule has 7 heteroatoms. The van der Waals surface area contributed by atoms with Crippen LogP contribution in [-0.4, -0.2) is 30.1 Å². The van der Waals surface area contributed by atoms with Crippen LogP contribution in [0.4, 0.5) is 10.1 Å². The van der Waals surface area contributed by atoms with E-state index in [2.05, 4.69) is 10.6 Å². The molecule has 0 fully saturated rings. The van der Waals surface area contributed by atoms with Gasteiger partial charge in [-0.25, -0.2) is 4.39 Å². The van der Waals surface area contributed by atoms with Crippen molar-refractivity contribution in [2.24, 2.45) is 5.41 Å². The van der Waals surface area contributed by atoms with E-state index in [1.807, 2.05) is 13.8 Å². The summed E-state index contributed by atoms with van der Waals surface area (Å²) in [5, 5.41) is 14.1. The zero-order valence-electron chi connectivity index (χ0n) is 13.3. The van der Waals surface area contributed by atoms with Gasteiger partial charge in [-0.15, -0.1) is 0 Å². The Morgan fingerprint density at radius 3 is 2.48 bits per heavy atom. The minimum atomic E-state index is -0.962. The predicted molar refractivity (Wildman–Crippen MR) is 87.8 cm³/mol. The van der Waals surface area contributed by atoms with Crippen molar-refractivity contribution in [1.82, 2.24) is 5.32 Å². The summed E-state index contributed by atoms with van der Waals surface area (Å²) >= 11 is 5.73. The lowest BCUT2D eigenvalue weighted by atomic mass is 9.79. The standard InChI is InChI=1S/C16H22ClFN2O3/c1-3-16(4-2,7-8-21)10-19-14(22)15(23)20-13-9-11(17)5-6-12(13)18/h5-6,9,21H,3-4,7-8,10H2,1-2H3,(H,19,22)(H,20,23). The zero-order valence-corrected chi connectivity index (χ0v) is 14.0. The first-order chi connectivity index (χ1) is 10.9. The summed E-state index contributed by atoms with van der Waals surface area (Å²) in [6.45, 7) is 4.21. The van der Waals surface area contributed by atoms with Crippen LogP contribution in [0.25, 0.3) is 0 Å². The van der Waals surface area contributed by atoms with Crippen LogP contribution in [0, 0.1) is 11.2 Å². The number of anilines is 1. The Balaban J connectivity index is 2.67. The first-order valence-corrected chi connectivity index (χ1v) is 7.90. The van der Waals surface area contributed by atoms with Gasteiger partial charge in [0, 0.05) is 18.2 Å². The molecule has 0 unspecified atom stereocenters. The molecule has 0 saturated carbocycles. The number of amides is 2. The number of hydrogen-bond acceptors (Lipinski definition) is 3. The Kier molecular flexibility index (Phi) is 7.45. The van der Waals surface area contributed by atoms with Crippen LogP contribution in [0.5, 0.6) is 0 Å². The van der Waals surface area contributed by atoms with Gasteiger partial charge in [-0.3, -0.25) is 9.59 Å². The van der Waals surface area contributed by atoms with Gasteiger partial charge < -0.3 is 15.7 Å². The molecule has 0 aromatic heterocycles. The van der Waals surface area contributed by atoms with Crippen LogP contribution in [-0.2, 0) is 9.59 Å². The summed E-state index contributed by atoms with van der Waals surface area (Å²) < 4.78 is 13.5. The van der Waals surface area contributed by atoms with Crippen molar-refractivity contribution in [3.63, 3.8) is 0 Å². The minimum absolute atomic E-state index is 0.0114. The second-order valence-electron chi connectivity index (χ2n) is 5.44. The highest BCUT2D eigenvalue weighted by Gasteiger charge is 2.27. The Labute approximate surface area is 140 Å². The second-order valence-corrected chi connectivity index (χ2v) is 5.88. The topological polar surface area (TPSA) is 78.4 Å². The van der Waals surface area contributed by atoms with Crippen molar-refractivity contribution in [3.05, 3.63) is 29.0 Å². The lowest BCUT2D eigenvalue weighted by Gasteiger charge is -2.31. The van der Waals surface area contributed by atoms with E-state index in [9.17, 15) is 14.0 Å². The normalized spacial score (nSPS) is 11.2. The molecule has 0 atom stereocenters. The summed E-state index contributed by atoms with van der Waals surface area (Å²) in [5.74, 6) is -2.49. The van der Waals surface area contributed by atoms with Crippen LogP contribution in [0.3, 0.4) is 0 Å². The molecular weight excluding hydrogens is 323 g/mol. The van der Waals surface area contributed by atoms with E-state index in [0.717, 1.165) is 18.9 Å². The van der Waals surface area contributed by atoms with Gasteiger partial charge in [0.1, 0.15) is 5.82 Å². The summed E-state index contributed by atoms with van der Waals surface area (Å²) in [7, 11) is 0. The lowest BCUT2D eigenvalue weighted by molar-refractivity contribution is -0.136. The van der Waals surface area contributed by atoms with Gasteiger partial charge in [0.05, 0.1) is 5.69 Å². The Morgan fingerprint density at radius 2 is 1.91 bits per heavy atom. The molecule has 1 rings (SSSR count). The molecule has 0 radical (unpaired) electrons. The SMILES string of the molecule is CCC(CC)(CCO)CNC(=O)C(=O)Nc1cc(Cl)ccc1F. The van der Waals surface area contributed by atoms with Crippen LogP contribution >= 0.6 is 11.6 Å². The number of benzene rings is 1. The number of aliphatic hydroxyl groups excluding tert-OH is 1. The molecule has 0 spiro atoms. The summed E-state index contributed by atoms with van der Waals surface area (Å²) in [6.07, 6.45) is 2.05. The molecule has 0 heterocycles. The van der Waals surface area contributed by atoms with Crippen LogP contribution < -0.4 is 10.6 Å². The molecule has 0 saturated heterocycles. The molecule has 128 valence electrons. The van der Waals surface area contributed by atoms with E-state index < -0.39 is 17.6 Å². The Bertz CT molecular complexity index is 562. The fourth-order valence-electron chi connectivity index (χ4n) is 2.30. The third kappa shape index (κ3) is 5.48. The second kappa shape index (κ2) is 8.84. The predicted octanol–water partition coefficient (Wildman–Crippen LogP) is 2.72. The van der Waals surface area contributed by atoms with Gasteiger partial charge in [-0.05, 0) is 42.9 Å². The highest BCUT2D eigenvalue weighted by molar-refractivity contribution is 6.39. The van der Waals surface area contributed by atoms with Gasteiger partial charge in [-0.2, -0.15) is 0 Å². The molecule has 1 aromatic rings. The van der Waals surface area contributed by atoms with Crippen molar-refractivity contribution in [3.8, 4) is 0 Å². The van der Waals surface area contributed by atoms with Gasteiger partial charge in [0.15, 0.2) is 0 Å². The van der Waals surface area contributed by atoms with Crippen LogP contribution in [0.2, 0.25) is 5.02 Å². The number of carbonyl (C=O) groups excluding carboxylic acids is 2. The number of halogens is 2. The van der Waals surface area contributed by atoms with Crippen molar-refractivity contribution < 1.29 is 19.1 Å². The summed E-state index contributed by atoms with van der Waals surface area (Å²) in [4.78, 5) is 23.7. The van der Waals surface area contributed by atoms with E-state index in [0.29, 0.717) is 6.42 Å². The number of aliphatic hydroxyl groups is 1. The molecule has 0 aliphatic rings. The molecule has 0 bridgehead atoms. The molecular formula is C16H22ClFN2O3. The van der Waals surface area contributed by atoms with Crippen molar-refractivity contribution in [2.75, 3.05) is 18.5 Å². The van der Waals surface area contributed by atoms with Crippen molar-refractivity contribution >= 4 is 29.1 Å². The van der Waals surface area contributed by atoms with E-state index >= 15 is 0 Å². The quantitative estimate of drug-likeness (QED) is 0.665. The van der Waals surface area contributed by atoms with E-state index in [1.165, 1.54) is 12.1 Å². The van der Waals surface area contributed by atoms with Gasteiger partial charge in [0.25, 0.3) is 0 Å². The molecule has 1 aromatic carbocycles. The molecule has 0 aliphatic carbocycles. The highest BCUT2D eigenvalue weighted by Crippen LogP contribution is 2.29. The zero-order chi connectivity index (χ0) is 17.5. The summed E-state index contributed by atoms with van der Waals surface area (Å²) in [5.41, 5.74) is -0.406. The third-order valence-electron chi connectivity index (χ3n) is 4.15. The number of hydrogen-bond donors (Lipinski definition) is 3. The van der Waals surface area contributed by atoms with E-state index in [4.69, 9.17) is 16.7 Å². The van der Waals surface area contributed by atoms with E-state index in [1.54, 1.807) is 0 Å². The minimum Gasteiger partial charge on any atom is -0.396 e.